The molecule has 11 heteroatoms. The maximum absolute atomic E-state index is 11.5. The molecule has 42 heavy (non-hydrogen) atoms. The average molecular weight is 573 g/mol. The molecule has 3 aromatic rings. The van der Waals surface area contributed by atoms with Gasteiger partial charge in [-0.15, -0.1) is 0 Å². The van der Waals surface area contributed by atoms with Gasteiger partial charge in [0.15, 0.2) is 0 Å². The molecule has 0 amide bonds. The molecule has 11 nitrogen and oxygen atoms in total. The maximum Gasteiger partial charge on any atom is 0.231 e. The first kappa shape index (κ1) is 27.4. The lowest BCUT2D eigenvalue weighted by atomic mass is 9.98. The number of aliphatic hydroxyl groups excluding tert-OH is 1. The topological polar surface area (TPSA) is 135 Å². The van der Waals surface area contributed by atoms with E-state index in [1.165, 1.54) is 25.7 Å². The molecule has 0 bridgehead atoms. The third-order valence-electron chi connectivity index (χ3n) is 9.51. The molecule has 3 fully saturated rings. The van der Waals surface area contributed by atoms with Gasteiger partial charge in [-0.3, -0.25) is 9.80 Å². The number of aromatic nitrogens is 3. The van der Waals surface area contributed by atoms with Crippen molar-refractivity contribution in [1.29, 1.82) is 5.26 Å². The second-order valence-corrected chi connectivity index (χ2v) is 12.0. The van der Waals surface area contributed by atoms with Gasteiger partial charge in [0.1, 0.15) is 29.5 Å². The molecule has 5 heterocycles. The lowest BCUT2D eigenvalue weighted by Crippen LogP contribution is -2.49. The highest BCUT2D eigenvalue weighted by Crippen LogP contribution is 2.41. The first-order valence-corrected chi connectivity index (χ1v) is 15.5. The van der Waals surface area contributed by atoms with Crippen molar-refractivity contribution in [2.75, 3.05) is 63.2 Å². The number of H-pyrrole nitrogens is 1. The van der Waals surface area contributed by atoms with Gasteiger partial charge in [-0.05, 0) is 37.7 Å². The number of hydrogen-bond acceptors (Lipinski definition) is 10. The van der Waals surface area contributed by atoms with Crippen molar-refractivity contribution < 1.29 is 14.6 Å². The Morgan fingerprint density at radius 2 is 1.88 bits per heavy atom. The first-order chi connectivity index (χ1) is 20.7. The standard InChI is InChI=1S/C31H40N8O3/c32-17-21-19-34-29-26(21)28(33-18-20-3-1-2-4-20)36-31(37-29)35-25-6-5-24(23-9-14-42-27(23)25)30(40)39-10-7-22(8-11-39)38-12-15-41-16-13-38/h5-6,19-20,22,30,40H,1-4,7-16,18H2,(H3,33,34,35,36,37). The van der Waals surface area contributed by atoms with E-state index in [1.807, 2.05) is 12.1 Å². The minimum absolute atomic E-state index is 0.430. The van der Waals surface area contributed by atoms with Gasteiger partial charge < -0.3 is 30.2 Å². The summed E-state index contributed by atoms with van der Waals surface area (Å²) in [4.78, 5) is 17.4. The van der Waals surface area contributed by atoms with Crippen molar-refractivity contribution >= 4 is 28.5 Å². The van der Waals surface area contributed by atoms with E-state index in [1.54, 1.807) is 6.20 Å². The van der Waals surface area contributed by atoms with Gasteiger partial charge in [0.25, 0.3) is 0 Å². The van der Waals surface area contributed by atoms with Gasteiger partial charge in [0.2, 0.25) is 5.95 Å². The Morgan fingerprint density at radius 1 is 1.07 bits per heavy atom. The Bertz CT molecular complexity index is 1450. The van der Waals surface area contributed by atoms with E-state index in [-0.39, 0.29) is 0 Å². The Morgan fingerprint density at radius 3 is 2.67 bits per heavy atom. The molecule has 222 valence electrons. The monoisotopic (exact) mass is 572 g/mol. The highest BCUT2D eigenvalue weighted by molar-refractivity contribution is 5.93. The number of ether oxygens (including phenoxy) is 2. The summed E-state index contributed by atoms with van der Waals surface area (Å²) in [6, 6.07) is 6.79. The molecule has 4 aliphatic rings. The van der Waals surface area contributed by atoms with Gasteiger partial charge in [0.05, 0.1) is 36.5 Å². The number of aromatic amines is 1. The van der Waals surface area contributed by atoms with Crippen LogP contribution in [0.5, 0.6) is 5.75 Å². The Balaban J connectivity index is 1.09. The molecular formula is C31H40N8O3. The highest BCUT2D eigenvalue weighted by Gasteiger charge is 2.32. The summed E-state index contributed by atoms with van der Waals surface area (Å²) in [7, 11) is 0. The molecule has 1 atom stereocenters. The zero-order valence-corrected chi connectivity index (χ0v) is 24.1. The van der Waals surface area contributed by atoms with Crippen LogP contribution < -0.4 is 15.4 Å². The molecule has 1 saturated carbocycles. The number of benzene rings is 1. The van der Waals surface area contributed by atoms with E-state index in [0.29, 0.717) is 41.5 Å². The van der Waals surface area contributed by atoms with Gasteiger partial charge in [-0.2, -0.15) is 15.2 Å². The summed E-state index contributed by atoms with van der Waals surface area (Å²) in [6.45, 7) is 6.78. The minimum Gasteiger partial charge on any atom is -0.491 e. The number of morpholine rings is 1. The number of nitrogens with one attached hydrogen (secondary N) is 3. The number of aliphatic hydroxyl groups is 1. The predicted molar refractivity (Wildman–Crippen MR) is 160 cm³/mol. The largest absolute Gasteiger partial charge is 0.491 e. The smallest absolute Gasteiger partial charge is 0.231 e. The first-order valence-electron chi connectivity index (χ1n) is 15.5. The third-order valence-corrected chi connectivity index (χ3v) is 9.51. The van der Waals surface area contributed by atoms with Crippen molar-refractivity contribution in [1.82, 2.24) is 24.8 Å². The summed E-state index contributed by atoms with van der Waals surface area (Å²) in [5, 5.41) is 28.7. The van der Waals surface area contributed by atoms with Gasteiger partial charge in [-0.25, -0.2) is 0 Å². The van der Waals surface area contributed by atoms with Crippen LogP contribution in [0.15, 0.2) is 18.3 Å². The van der Waals surface area contributed by atoms with Crippen LogP contribution in [-0.4, -0.2) is 88.4 Å². The van der Waals surface area contributed by atoms with Crippen LogP contribution in [0.25, 0.3) is 11.0 Å². The van der Waals surface area contributed by atoms with Gasteiger partial charge in [-0.1, -0.05) is 18.9 Å². The fourth-order valence-corrected chi connectivity index (χ4v) is 7.18. The number of piperidine rings is 1. The maximum atomic E-state index is 11.5. The molecule has 2 aromatic heterocycles. The van der Waals surface area contributed by atoms with Gasteiger partial charge >= 0.3 is 0 Å². The summed E-state index contributed by atoms with van der Waals surface area (Å²) in [6.07, 6.45) is 8.86. The fourth-order valence-electron chi connectivity index (χ4n) is 7.18. The molecule has 3 aliphatic heterocycles. The second-order valence-electron chi connectivity index (χ2n) is 12.0. The van der Waals surface area contributed by atoms with Crippen LogP contribution in [0.2, 0.25) is 0 Å². The highest BCUT2D eigenvalue weighted by atomic mass is 16.5. The van der Waals surface area contributed by atoms with Gasteiger partial charge in [0, 0.05) is 62.5 Å². The molecule has 0 spiro atoms. The van der Waals surface area contributed by atoms with E-state index < -0.39 is 6.23 Å². The van der Waals surface area contributed by atoms with E-state index in [9.17, 15) is 10.4 Å². The number of nitrogens with zero attached hydrogens (tertiary/aromatic N) is 5. The molecule has 1 aliphatic carbocycles. The van der Waals surface area contributed by atoms with Crippen molar-refractivity contribution in [2.24, 2.45) is 5.92 Å². The summed E-state index contributed by atoms with van der Waals surface area (Å²) >= 11 is 0. The quantitative estimate of drug-likeness (QED) is 0.315. The number of likely N-dealkylation sites (tertiary alicyclic amines) is 1. The Hall–Kier alpha value is -3.43. The zero-order valence-electron chi connectivity index (χ0n) is 24.1. The molecule has 4 N–H and O–H groups in total. The van der Waals surface area contributed by atoms with Crippen molar-refractivity contribution in [2.45, 2.75) is 57.2 Å². The van der Waals surface area contributed by atoms with E-state index in [0.717, 1.165) is 93.2 Å². The van der Waals surface area contributed by atoms with Crippen LogP contribution in [0, 0.1) is 17.2 Å². The zero-order chi connectivity index (χ0) is 28.5. The lowest BCUT2D eigenvalue weighted by molar-refractivity contribution is -0.0425. The second kappa shape index (κ2) is 12.1. The van der Waals surface area contributed by atoms with E-state index in [4.69, 9.17) is 14.5 Å². The lowest BCUT2D eigenvalue weighted by Gasteiger charge is -2.41. The Kier molecular flexibility index (Phi) is 7.86. The van der Waals surface area contributed by atoms with Crippen molar-refractivity contribution in [3.63, 3.8) is 0 Å². The molecule has 2 saturated heterocycles. The molecule has 7 rings (SSSR count). The summed E-state index contributed by atoms with van der Waals surface area (Å²) < 4.78 is 11.6. The average Bonchev–Trinajstić information content (AvgIpc) is 3.82. The predicted octanol–water partition coefficient (Wildman–Crippen LogP) is 3.90. The number of fused-ring (bicyclic) bond motifs is 2. The van der Waals surface area contributed by atoms with Crippen LogP contribution >= 0.6 is 0 Å². The SMILES string of the molecule is N#Cc1c[nH]c2nc(Nc3ccc(C(O)N4CCC(N5CCOCC5)CC4)c4c3OCC4)nc(NCC3CCCC3)c12. The fraction of sp³-hybridized carbons (Fsp3) is 0.581. The van der Waals surface area contributed by atoms with Crippen molar-refractivity contribution in [3.8, 4) is 11.8 Å². The normalized spacial score (nSPS) is 21.2. The molecular weight excluding hydrogens is 532 g/mol. The molecule has 1 unspecified atom stereocenters. The van der Waals surface area contributed by atoms with Crippen molar-refractivity contribution in [3.05, 3.63) is 35.0 Å². The minimum atomic E-state index is -0.664. The third kappa shape index (κ3) is 5.40. The van der Waals surface area contributed by atoms with Crippen LogP contribution in [-0.2, 0) is 11.2 Å². The van der Waals surface area contributed by atoms with E-state index >= 15 is 0 Å². The summed E-state index contributed by atoms with van der Waals surface area (Å²) in [5.41, 5.74) is 3.87. The number of anilines is 3. The van der Waals surface area contributed by atoms with Crippen LogP contribution in [0.3, 0.4) is 0 Å². The Labute approximate surface area is 246 Å². The summed E-state index contributed by atoms with van der Waals surface area (Å²) in [5.74, 6) is 2.47. The van der Waals surface area contributed by atoms with E-state index in [2.05, 4.69) is 36.5 Å². The number of hydrogen-bond donors (Lipinski definition) is 4. The number of rotatable bonds is 8. The van der Waals surface area contributed by atoms with Crippen LogP contribution in [0.4, 0.5) is 17.5 Å². The van der Waals surface area contributed by atoms with Crippen LogP contribution in [0.1, 0.15) is 61.4 Å². The molecule has 0 radical (unpaired) electrons. The number of nitriles is 1. The molecule has 1 aromatic carbocycles.